The highest BCUT2D eigenvalue weighted by atomic mass is 19.4. The summed E-state index contributed by atoms with van der Waals surface area (Å²) in [6.45, 7) is 47.8. The predicted molar refractivity (Wildman–Crippen MR) is 247 cm³/mol. The molecule has 0 radical (unpaired) electrons. The molecule has 0 unspecified atom stereocenters. The van der Waals surface area contributed by atoms with Crippen LogP contribution in [0.25, 0.3) is 11.1 Å². The van der Waals surface area contributed by atoms with Crippen LogP contribution >= 0.6 is 0 Å². The third kappa shape index (κ3) is 27.7. The Kier molecular flexibility index (Phi) is 23.4. The van der Waals surface area contributed by atoms with E-state index in [4.69, 9.17) is 9.15 Å². The van der Waals surface area contributed by atoms with Crippen molar-refractivity contribution in [2.24, 2.45) is 27.1 Å². The number of furan rings is 1. The first-order valence-electron chi connectivity index (χ1n) is 21.1. The van der Waals surface area contributed by atoms with E-state index in [1.165, 1.54) is 28.8 Å². The van der Waals surface area contributed by atoms with Gasteiger partial charge in [0.15, 0.2) is 0 Å². The number of ether oxygens (including phenoxy) is 1. The fourth-order valence-electron chi connectivity index (χ4n) is 5.12. The van der Waals surface area contributed by atoms with Crippen LogP contribution in [0.2, 0.25) is 0 Å². The molecule has 60 heavy (non-hydrogen) atoms. The Hall–Kier alpha value is -3.98. The molecule has 1 saturated heterocycles. The van der Waals surface area contributed by atoms with E-state index in [9.17, 15) is 18.0 Å². The minimum atomic E-state index is -4.66. The lowest BCUT2D eigenvalue weighted by atomic mass is 9.84. The van der Waals surface area contributed by atoms with Gasteiger partial charge in [-0.3, -0.25) is 14.8 Å². The summed E-state index contributed by atoms with van der Waals surface area (Å²) in [6.07, 6.45) is 7.40. The van der Waals surface area contributed by atoms with Crippen molar-refractivity contribution in [1.82, 2.24) is 14.9 Å². The van der Waals surface area contributed by atoms with Crippen LogP contribution in [-0.4, -0.2) is 53.1 Å². The average molecular weight is 840 g/mol. The first-order valence-corrected chi connectivity index (χ1v) is 21.1. The van der Waals surface area contributed by atoms with Gasteiger partial charge in [0.2, 0.25) is 5.78 Å². The number of hydrogen-bond acceptors (Lipinski definition) is 6. The molecule has 3 aromatic rings. The molecule has 0 atom stereocenters. The summed E-state index contributed by atoms with van der Waals surface area (Å²) in [7, 11) is 0. The van der Waals surface area contributed by atoms with Crippen molar-refractivity contribution < 1.29 is 27.1 Å². The topological polar surface area (TPSA) is 68.5 Å². The van der Waals surface area contributed by atoms with Gasteiger partial charge in [0, 0.05) is 61.8 Å². The molecular formula is C51H80F3N3O3. The van der Waals surface area contributed by atoms with Crippen molar-refractivity contribution in [3.63, 3.8) is 0 Å². The minimum absolute atomic E-state index is 0.140. The summed E-state index contributed by atoms with van der Waals surface area (Å²) in [6, 6.07) is 12.0. The highest BCUT2D eigenvalue weighted by Crippen LogP contribution is 2.32. The Morgan fingerprint density at radius 1 is 0.650 bits per heavy atom. The van der Waals surface area contributed by atoms with Gasteiger partial charge >= 0.3 is 6.18 Å². The van der Waals surface area contributed by atoms with Crippen molar-refractivity contribution in [2.45, 2.75) is 142 Å². The summed E-state index contributed by atoms with van der Waals surface area (Å²) in [5, 5.41) is 0. The van der Waals surface area contributed by atoms with E-state index >= 15 is 0 Å². The minimum Gasteiger partial charge on any atom is -0.469 e. The average Bonchev–Trinajstić information content (AvgIpc) is 3.64. The van der Waals surface area contributed by atoms with E-state index in [1.807, 2.05) is 48.8 Å². The van der Waals surface area contributed by atoms with Crippen molar-refractivity contribution in [1.29, 1.82) is 0 Å². The SMILES string of the molecule is C=C(CCC(C)(C)C)c1ccncc1.C=C(N1CCOCC1)C(C)(C)C.C=C(c1ccncc1)C(C)(C)C.CC(C)(C)CCC(=O)C(F)(F)F.CC(C)(C)Cc1ccco1. The molecule has 0 spiro atoms. The number of hydrogen-bond donors (Lipinski definition) is 0. The summed E-state index contributed by atoms with van der Waals surface area (Å²) in [5.74, 6) is -0.551. The van der Waals surface area contributed by atoms with Gasteiger partial charge in [-0.15, -0.1) is 0 Å². The maximum absolute atomic E-state index is 11.7. The largest absolute Gasteiger partial charge is 0.469 e. The fourth-order valence-corrected chi connectivity index (χ4v) is 5.12. The number of carbonyl (C=O) groups excluding carboxylic acids is 1. The molecule has 1 aliphatic heterocycles. The molecule has 0 aliphatic carbocycles. The molecule has 1 fully saturated rings. The Balaban J connectivity index is 0.000000728. The number of Topliss-reactive ketones (excluding diaryl/α,β-unsaturated/α-hetero) is 1. The number of ketones is 1. The van der Waals surface area contributed by atoms with E-state index in [0.717, 1.165) is 50.5 Å². The van der Waals surface area contributed by atoms with Crippen LogP contribution in [-0.2, 0) is 16.0 Å². The van der Waals surface area contributed by atoms with Gasteiger partial charge in [0.25, 0.3) is 0 Å². The standard InChI is InChI=1S/C13H19N.C11H15N.C10H19NO.C9H14O.C8H13F3O/c1-11(5-8-13(2,3)4)12-6-9-14-10-7-12;1-9(11(2,3)4)10-5-7-12-8-6-10;1-9(10(2,3)4)11-5-7-12-8-6-11;1-9(2,3)7-8-5-4-6-10-8;1-7(2,3)5-4-6(12)8(9,10)11/h6-7,9-10H,1,5,8H2,2-4H3;5-8H,1H2,2-4H3;1,5-8H2,2-4H3;4-6H,7H2,1-3H3;4-5H2,1-3H3. The van der Waals surface area contributed by atoms with E-state index in [2.05, 4.69) is 118 Å². The summed E-state index contributed by atoms with van der Waals surface area (Å²) < 4.78 is 45.5. The molecule has 6 nitrogen and oxygen atoms in total. The van der Waals surface area contributed by atoms with Gasteiger partial charge in [0.05, 0.1) is 19.5 Å². The lowest BCUT2D eigenvalue weighted by molar-refractivity contribution is -0.171. The molecule has 0 aromatic carbocycles. The first-order chi connectivity index (χ1) is 27.2. The van der Waals surface area contributed by atoms with Crippen LogP contribution in [0, 0.1) is 27.1 Å². The Bertz CT molecular complexity index is 1660. The number of rotatable bonds is 8. The summed E-state index contributed by atoms with van der Waals surface area (Å²) in [4.78, 5) is 20.7. The van der Waals surface area contributed by atoms with Crippen molar-refractivity contribution in [2.75, 3.05) is 26.3 Å². The number of alkyl halides is 3. The van der Waals surface area contributed by atoms with Crippen LogP contribution in [0.15, 0.2) is 97.3 Å². The summed E-state index contributed by atoms with van der Waals surface area (Å²) in [5.41, 5.74) is 6.81. The Morgan fingerprint density at radius 3 is 1.47 bits per heavy atom. The molecule has 0 saturated carbocycles. The number of halogens is 3. The second-order valence-corrected chi connectivity index (χ2v) is 21.0. The molecule has 338 valence electrons. The van der Waals surface area contributed by atoms with Crippen molar-refractivity contribution in [3.8, 4) is 0 Å². The van der Waals surface area contributed by atoms with Crippen LogP contribution in [0.5, 0.6) is 0 Å². The highest BCUT2D eigenvalue weighted by molar-refractivity contribution is 5.83. The van der Waals surface area contributed by atoms with Gasteiger partial charge in [-0.2, -0.15) is 13.2 Å². The van der Waals surface area contributed by atoms with E-state index in [-0.39, 0.29) is 22.7 Å². The molecule has 4 heterocycles. The van der Waals surface area contributed by atoms with Gasteiger partial charge < -0.3 is 14.1 Å². The Morgan fingerprint density at radius 2 is 1.10 bits per heavy atom. The molecule has 0 N–H and O–H groups in total. The zero-order chi connectivity index (χ0) is 46.6. The van der Waals surface area contributed by atoms with Crippen LogP contribution < -0.4 is 0 Å². The van der Waals surface area contributed by atoms with E-state index < -0.39 is 18.4 Å². The van der Waals surface area contributed by atoms with Crippen LogP contribution in [0.4, 0.5) is 13.2 Å². The predicted octanol–water partition coefficient (Wildman–Crippen LogP) is 14.8. The van der Waals surface area contributed by atoms with E-state index in [0.29, 0.717) is 10.8 Å². The molecule has 1 aliphatic rings. The third-order valence-corrected chi connectivity index (χ3v) is 9.16. The highest BCUT2D eigenvalue weighted by Gasteiger charge is 2.38. The number of morpholine rings is 1. The second kappa shape index (κ2) is 25.1. The smallest absolute Gasteiger partial charge is 0.449 e. The number of pyridine rings is 2. The number of allylic oxidation sites excluding steroid dienone is 3. The normalized spacial score (nSPS) is 13.4. The Labute approximate surface area is 363 Å². The molecule has 3 aromatic heterocycles. The molecule has 0 amide bonds. The molecule has 9 heteroatoms. The number of aromatic nitrogens is 2. The van der Waals surface area contributed by atoms with E-state index in [1.54, 1.807) is 39.4 Å². The number of nitrogens with zero attached hydrogens (tertiary/aromatic N) is 3. The van der Waals surface area contributed by atoms with Crippen molar-refractivity contribution >= 4 is 16.9 Å². The second-order valence-electron chi connectivity index (χ2n) is 21.0. The maximum Gasteiger partial charge on any atom is 0.449 e. The first kappa shape index (κ1) is 56.0. The van der Waals surface area contributed by atoms with Gasteiger partial charge in [0.1, 0.15) is 5.76 Å². The van der Waals surface area contributed by atoms with Gasteiger partial charge in [-0.1, -0.05) is 124 Å². The van der Waals surface area contributed by atoms with Crippen LogP contribution in [0.3, 0.4) is 0 Å². The quantitative estimate of drug-likeness (QED) is 0.225. The monoisotopic (exact) mass is 840 g/mol. The maximum atomic E-state index is 11.7. The molecule has 0 bridgehead atoms. The third-order valence-electron chi connectivity index (χ3n) is 9.16. The molecular weight excluding hydrogens is 760 g/mol. The fraction of sp³-hybridized carbons (Fsp3) is 0.588. The molecule has 4 rings (SSSR count). The van der Waals surface area contributed by atoms with Gasteiger partial charge in [-0.05, 0) is 99.6 Å². The zero-order valence-corrected chi connectivity index (χ0v) is 40.0. The van der Waals surface area contributed by atoms with Gasteiger partial charge in [-0.25, -0.2) is 0 Å². The van der Waals surface area contributed by atoms with Crippen LogP contribution in [0.1, 0.15) is 146 Å². The lowest BCUT2D eigenvalue weighted by Crippen LogP contribution is -2.38. The van der Waals surface area contributed by atoms with Crippen molar-refractivity contribution in [3.05, 3.63) is 110 Å². The zero-order valence-electron chi connectivity index (χ0n) is 40.0. The lowest BCUT2D eigenvalue weighted by Gasteiger charge is -2.36. The number of carbonyl (C=O) groups is 1. The summed E-state index contributed by atoms with van der Waals surface area (Å²) >= 11 is 0.